The van der Waals surface area contributed by atoms with Crippen LogP contribution in [-0.4, -0.2) is 65.1 Å². The van der Waals surface area contributed by atoms with Gasteiger partial charge in [-0.3, -0.25) is 13.9 Å². The summed E-state index contributed by atoms with van der Waals surface area (Å²) in [6, 6.07) is 15.2. The van der Waals surface area contributed by atoms with Crippen LogP contribution in [0.5, 0.6) is 17.2 Å². The van der Waals surface area contributed by atoms with E-state index in [1.54, 1.807) is 13.0 Å². The summed E-state index contributed by atoms with van der Waals surface area (Å²) >= 11 is 9.81. The Morgan fingerprint density at radius 1 is 0.935 bits per heavy atom. The molecule has 1 saturated carbocycles. The van der Waals surface area contributed by atoms with Gasteiger partial charge in [0, 0.05) is 28.1 Å². The van der Waals surface area contributed by atoms with Crippen LogP contribution in [0.2, 0.25) is 5.02 Å². The number of nitrogens with zero attached hydrogens (tertiary/aromatic N) is 2. The SMILES string of the molecule is COc1ccc(S(=O)(=O)N(CC(=O)N(Cc2cccc(Br)c2)[C@@H](C)C(=O)NC2CCCCC2)c2cc(Cl)ccc2OC)cc1OC. The molecule has 10 nitrogen and oxygen atoms in total. The third kappa shape index (κ3) is 8.45. The number of hydrogen-bond donors (Lipinski definition) is 1. The molecule has 1 fully saturated rings. The number of amides is 2. The number of benzene rings is 3. The number of carbonyl (C=O) groups excluding carboxylic acids is 2. The Morgan fingerprint density at radius 2 is 1.61 bits per heavy atom. The average molecular weight is 737 g/mol. The van der Waals surface area contributed by atoms with Crippen LogP contribution in [0.1, 0.15) is 44.6 Å². The molecular weight excluding hydrogens is 698 g/mol. The zero-order chi connectivity index (χ0) is 33.4. The number of rotatable bonds is 13. The molecule has 1 atom stereocenters. The standard InChI is InChI=1S/C33H39BrClN3O7S/c1-22(33(40)36-26-11-6-5-7-12-26)37(20-23-9-8-10-24(34)17-23)32(39)21-38(28-18-25(35)13-15-29(28)43-2)46(41,42)27-14-16-30(44-3)31(19-27)45-4/h8-10,13-19,22,26H,5-7,11-12,20-21H2,1-4H3,(H,36,40)/t22-/m0/s1. The first kappa shape index (κ1) is 35.4. The Kier molecular flexibility index (Phi) is 12.2. The first-order valence-electron chi connectivity index (χ1n) is 14.9. The van der Waals surface area contributed by atoms with E-state index in [4.69, 9.17) is 25.8 Å². The summed E-state index contributed by atoms with van der Waals surface area (Å²) in [6.07, 6.45) is 4.95. The minimum Gasteiger partial charge on any atom is -0.495 e. The van der Waals surface area contributed by atoms with E-state index in [9.17, 15) is 18.0 Å². The van der Waals surface area contributed by atoms with Crippen LogP contribution in [-0.2, 0) is 26.2 Å². The molecule has 0 radical (unpaired) electrons. The van der Waals surface area contributed by atoms with E-state index in [-0.39, 0.29) is 45.6 Å². The normalized spacial score (nSPS) is 14.2. The Bertz CT molecular complexity index is 1650. The number of ether oxygens (including phenoxy) is 3. The molecule has 1 aliphatic rings. The number of halogens is 2. The molecule has 0 saturated heterocycles. The summed E-state index contributed by atoms with van der Waals surface area (Å²) in [5.74, 6) is -0.190. The molecule has 1 N–H and O–H groups in total. The number of sulfonamides is 1. The van der Waals surface area contributed by atoms with Crippen LogP contribution < -0.4 is 23.8 Å². The smallest absolute Gasteiger partial charge is 0.265 e. The maximum atomic E-state index is 14.4. The highest BCUT2D eigenvalue weighted by atomic mass is 79.9. The van der Waals surface area contributed by atoms with Crippen LogP contribution >= 0.6 is 27.5 Å². The van der Waals surface area contributed by atoms with E-state index in [0.29, 0.717) is 5.75 Å². The van der Waals surface area contributed by atoms with Gasteiger partial charge in [0.1, 0.15) is 18.3 Å². The highest BCUT2D eigenvalue weighted by molar-refractivity contribution is 9.10. The van der Waals surface area contributed by atoms with Crippen molar-refractivity contribution in [3.63, 3.8) is 0 Å². The van der Waals surface area contributed by atoms with Gasteiger partial charge in [0.2, 0.25) is 11.8 Å². The summed E-state index contributed by atoms with van der Waals surface area (Å²) in [7, 11) is -0.197. The zero-order valence-corrected chi connectivity index (χ0v) is 29.5. The minimum absolute atomic E-state index is 0.0316. The molecule has 0 aromatic heterocycles. The lowest BCUT2D eigenvalue weighted by Gasteiger charge is -2.33. The van der Waals surface area contributed by atoms with Gasteiger partial charge in [0.05, 0.1) is 31.9 Å². The maximum absolute atomic E-state index is 14.4. The zero-order valence-electron chi connectivity index (χ0n) is 26.3. The predicted octanol–water partition coefficient (Wildman–Crippen LogP) is 6.19. The van der Waals surface area contributed by atoms with Gasteiger partial charge in [-0.1, -0.05) is 58.9 Å². The molecule has 0 aliphatic heterocycles. The topological polar surface area (TPSA) is 114 Å². The van der Waals surface area contributed by atoms with Crippen molar-refractivity contribution in [2.45, 2.75) is 62.6 Å². The Morgan fingerprint density at radius 3 is 2.26 bits per heavy atom. The fourth-order valence-corrected chi connectivity index (χ4v) is 7.50. The molecular formula is C33H39BrClN3O7S. The van der Waals surface area contributed by atoms with Crippen molar-refractivity contribution in [3.8, 4) is 17.2 Å². The van der Waals surface area contributed by atoms with Crippen molar-refractivity contribution < 1.29 is 32.2 Å². The molecule has 0 spiro atoms. The van der Waals surface area contributed by atoms with Crippen molar-refractivity contribution in [2.24, 2.45) is 0 Å². The van der Waals surface area contributed by atoms with Gasteiger partial charge in [-0.15, -0.1) is 0 Å². The molecule has 0 heterocycles. The van der Waals surface area contributed by atoms with Crippen molar-refractivity contribution >= 4 is 55.1 Å². The lowest BCUT2D eigenvalue weighted by molar-refractivity contribution is -0.139. The van der Waals surface area contributed by atoms with Gasteiger partial charge in [-0.05, 0) is 67.8 Å². The molecule has 1 aliphatic carbocycles. The Hall–Kier alpha value is -3.48. The largest absolute Gasteiger partial charge is 0.495 e. The molecule has 4 rings (SSSR count). The predicted molar refractivity (Wildman–Crippen MR) is 181 cm³/mol. The molecule has 0 bridgehead atoms. The average Bonchev–Trinajstić information content (AvgIpc) is 3.05. The van der Waals surface area contributed by atoms with Gasteiger partial charge in [0.25, 0.3) is 10.0 Å². The fraction of sp³-hybridized carbons (Fsp3) is 0.394. The second-order valence-electron chi connectivity index (χ2n) is 11.0. The summed E-state index contributed by atoms with van der Waals surface area (Å²) < 4.78 is 46.7. The number of nitrogens with one attached hydrogen (secondary N) is 1. The van der Waals surface area contributed by atoms with E-state index >= 15 is 0 Å². The third-order valence-electron chi connectivity index (χ3n) is 7.99. The van der Waals surface area contributed by atoms with Crippen LogP contribution in [0.25, 0.3) is 0 Å². The van der Waals surface area contributed by atoms with Gasteiger partial charge in [-0.25, -0.2) is 8.42 Å². The van der Waals surface area contributed by atoms with Crippen LogP contribution in [0.4, 0.5) is 5.69 Å². The summed E-state index contributed by atoms with van der Waals surface area (Å²) in [4.78, 5) is 29.2. The van der Waals surface area contributed by atoms with E-state index < -0.39 is 28.5 Å². The lowest BCUT2D eigenvalue weighted by atomic mass is 9.95. The van der Waals surface area contributed by atoms with Crippen LogP contribution in [0, 0.1) is 0 Å². The maximum Gasteiger partial charge on any atom is 0.265 e. The number of carbonyl (C=O) groups is 2. The first-order valence-corrected chi connectivity index (χ1v) is 17.5. The van der Waals surface area contributed by atoms with Gasteiger partial charge in [-0.2, -0.15) is 0 Å². The molecule has 46 heavy (non-hydrogen) atoms. The van der Waals surface area contributed by atoms with Crippen molar-refractivity contribution in [2.75, 3.05) is 32.2 Å². The van der Waals surface area contributed by atoms with Gasteiger partial charge < -0.3 is 24.4 Å². The Balaban J connectivity index is 1.77. The number of methoxy groups -OCH3 is 3. The molecule has 0 unspecified atom stereocenters. The molecule has 13 heteroatoms. The summed E-state index contributed by atoms with van der Waals surface area (Å²) in [5.41, 5.74) is 0.814. The van der Waals surface area contributed by atoms with E-state index in [1.165, 1.54) is 56.6 Å². The van der Waals surface area contributed by atoms with Crippen LogP contribution in [0.3, 0.4) is 0 Å². The highest BCUT2D eigenvalue weighted by Gasteiger charge is 2.35. The van der Waals surface area contributed by atoms with Crippen LogP contribution in [0.15, 0.2) is 70.0 Å². The van der Waals surface area contributed by atoms with E-state index in [0.717, 1.165) is 46.4 Å². The second kappa shape index (κ2) is 15.9. The van der Waals surface area contributed by atoms with Gasteiger partial charge in [0.15, 0.2) is 11.5 Å². The first-order chi connectivity index (χ1) is 22.0. The summed E-state index contributed by atoms with van der Waals surface area (Å²) in [5, 5.41) is 3.34. The van der Waals surface area contributed by atoms with Crippen molar-refractivity contribution in [1.29, 1.82) is 0 Å². The van der Waals surface area contributed by atoms with E-state index in [2.05, 4.69) is 21.2 Å². The van der Waals surface area contributed by atoms with Gasteiger partial charge >= 0.3 is 0 Å². The molecule has 2 amide bonds. The number of anilines is 1. The monoisotopic (exact) mass is 735 g/mol. The van der Waals surface area contributed by atoms with Crippen molar-refractivity contribution in [1.82, 2.24) is 10.2 Å². The molecule has 248 valence electrons. The highest BCUT2D eigenvalue weighted by Crippen LogP contribution is 2.37. The quantitative estimate of drug-likeness (QED) is 0.223. The lowest BCUT2D eigenvalue weighted by Crippen LogP contribution is -2.53. The Labute approximate surface area is 284 Å². The second-order valence-corrected chi connectivity index (χ2v) is 14.2. The van der Waals surface area contributed by atoms with E-state index in [1.807, 2.05) is 24.3 Å². The fourth-order valence-electron chi connectivity index (χ4n) is 5.46. The molecule has 3 aromatic carbocycles. The minimum atomic E-state index is -4.43. The molecule has 3 aromatic rings. The number of hydrogen-bond acceptors (Lipinski definition) is 7. The summed E-state index contributed by atoms with van der Waals surface area (Å²) in [6.45, 7) is 1.07. The third-order valence-corrected chi connectivity index (χ3v) is 10.5. The van der Waals surface area contributed by atoms with Crippen molar-refractivity contribution in [3.05, 3.63) is 75.7 Å².